The molecule has 1 aromatic rings. The Morgan fingerprint density at radius 3 is 2.69 bits per heavy atom. The molecule has 0 unspecified atom stereocenters. The number of carbonyl (C=O) groups excluding carboxylic acids is 2. The third kappa shape index (κ3) is 2.94. The average Bonchev–Trinajstić information content (AvgIpc) is 2.93. The summed E-state index contributed by atoms with van der Waals surface area (Å²) in [6.07, 6.45) is 0.0589. The van der Waals surface area contributed by atoms with Gasteiger partial charge in [0.2, 0.25) is 5.91 Å². The average molecular weight is 361 g/mol. The van der Waals surface area contributed by atoms with Crippen molar-refractivity contribution in [3.05, 3.63) is 39.9 Å². The number of hydrogen-bond donors (Lipinski definition) is 2. The number of nitrogens with zero attached hydrogens (tertiary/aromatic N) is 2. The maximum Gasteiger partial charge on any atom is 0.312 e. The van der Waals surface area contributed by atoms with Crippen LogP contribution in [0.25, 0.3) is 0 Å². The number of carbonyl (C=O) groups is 2. The van der Waals surface area contributed by atoms with Gasteiger partial charge < -0.3 is 9.84 Å². The first-order valence-corrected chi connectivity index (χ1v) is 8.26. The minimum atomic E-state index is -1.47. The van der Waals surface area contributed by atoms with Crippen LogP contribution in [0.2, 0.25) is 0 Å². The number of esters is 1. The first-order valence-electron chi connectivity index (χ1n) is 8.26. The van der Waals surface area contributed by atoms with Gasteiger partial charge in [0.05, 0.1) is 34.7 Å². The van der Waals surface area contributed by atoms with Gasteiger partial charge in [0.15, 0.2) is 0 Å². The van der Waals surface area contributed by atoms with Gasteiger partial charge in [-0.05, 0) is 19.4 Å². The smallest absolute Gasteiger partial charge is 0.312 e. The molecule has 0 radical (unpaired) electrons. The van der Waals surface area contributed by atoms with Crippen molar-refractivity contribution in [2.24, 2.45) is 16.9 Å². The Morgan fingerprint density at radius 1 is 1.46 bits per heavy atom. The van der Waals surface area contributed by atoms with E-state index >= 15 is 0 Å². The minimum absolute atomic E-state index is 0.0589. The van der Waals surface area contributed by atoms with E-state index in [1.165, 1.54) is 31.2 Å². The van der Waals surface area contributed by atoms with Crippen molar-refractivity contribution in [1.29, 1.82) is 0 Å². The standard InChI is InChI=1S/C17H19N3O6/c1-3-26-16(22)14-12(9-4-6-10(7-5-9)20(24)25)13-11(8-17(14,2)23)18-19-15(13)21/h4-7,12-14,23H,3,8H2,1-2H3,(H,19,21)/t12-,13+,14+,17+/m1/s1. The summed E-state index contributed by atoms with van der Waals surface area (Å²) in [6.45, 7) is 3.30. The molecular formula is C17H19N3O6. The highest BCUT2D eigenvalue weighted by atomic mass is 16.6. The zero-order valence-electron chi connectivity index (χ0n) is 14.3. The van der Waals surface area contributed by atoms with Gasteiger partial charge in [-0.3, -0.25) is 19.7 Å². The van der Waals surface area contributed by atoms with E-state index in [-0.39, 0.29) is 24.6 Å². The molecule has 2 N–H and O–H groups in total. The van der Waals surface area contributed by atoms with E-state index in [2.05, 4.69) is 10.5 Å². The molecule has 1 aliphatic heterocycles. The van der Waals surface area contributed by atoms with Gasteiger partial charge in [-0.25, -0.2) is 5.43 Å². The number of nitrogens with one attached hydrogen (secondary N) is 1. The van der Waals surface area contributed by atoms with Gasteiger partial charge in [0.25, 0.3) is 5.69 Å². The third-order valence-electron chi connectivity index (χ3n) is 4.91. The van der Waals surface area contributed by atoms with Crippen molar-refractivity contribution in [1.82, 2.24) is 5.43 Å². The summed E-state index contributed by atoms with van der Waals surface area (Å²) in [5.74, 6) is -3.45. The molecule has 0 spiro atoms. The summed E-state index contributed by atoms with van der Waals surface area (Å²) < 4.78 is 5.14. The number of aliphatic hydroxyl groups is 1. The molecule has 0 aromatic heterocycles. The highest BCUT2D eigenvalue weighted by Gasteiger charge is 2.57. The molecule has 4 atom stereocenters. The highest BCUT2D eigenvalue weighted by Crippen LogP contribution is 2.47. The monoisotopic (exact) mass is 361 g/mol. The van der Waals surface area contributed by atoms with Crippen molar-refractivity contribution in [2.75, 3.05) is 6.61 Å². The molecule has 1 aromatic carbocycles. The fourth-order valence-electron chi connectivity index (χ4n) is 3.83. The lowest BCUT2D eigenvalue weighted by atomic mass is 9.61. The number of amides is 1. The zero-order chi connectivity index (χ0) is 19.1. The number of non-ortho nitro benzene ring substituents is 1. The Bertz CT molecular complexity index is 786. The fraction of sp³-hybridized carbons (Fsp3) is 0.471. The Balaban J connectivity index is 2.10. The van der Waals surface area contributed by atoms with E-state index in [1.807, 2.05) is 0 Å². The van der Waals surface area contributed by atoms with Crippen molar-refractivity contribution in [3.63, 3.8) is 0 Å². The summed E-state index contributed by atoms with van der Waals surface area (Å²) in [7, 11) is 0. The van der Waals surface area contributed by atoms with Crippen LogP contribution in [0.1, 0.15) is 31.7 Å². The lowest BCUT2D eigenvalue weighted by Gasteiger charge is -2.43. The largest absolute Gasteiger partial charge is 0.466 e. The van der Waals surface area contributed by atoms with Crippen LogP contribution in [0.4, 0.5) is 5.69 Å². The topological polar surface area (TPSA) is 131 Å². The molecule has 9 nitrogen and oxygen atoms in total. The maximum atomic E-state index is 12.6. The van der Waals surface area contributed by atoms with E-state index in [9.17, 15) is 24.8 Å². The van der Waals surface area contributed by atoms with Crippen LogP contribution in [0.15, 0.2) is 29.4 Å². The van der Waals surface area contributed by atoms with Crippen LogP contribution >= 0.6 is 0 Å². The van der Waals surface area contributed by atoms with Gasteiger partial charge in [-0.15, -0.1) is 0 Å². The van der Waals surface area contributed by atoms with Gasteiger partial charge >= 0.3 is 5.97 Å². The van der Waals surface area contributed by atoms with E-state index < -0.39 is 34.2 Å². The lowest BCUT2D eigenvalue weighted by molar-refractivity contribution is -0.384. The number of nitro benzene ring substituents is 1. The molecule has 0 bridgehead atoms. The molecule has 26 heavy (non-hydrogen) atoms. The number of rotatable bonds is 4. The van der Waals surface area contributed by atoms with Crippen LogP contribution in [0, 0.1) is 22.0 Å². The second-order valence-electron chi connectivity index (χ2n) is 6.69. The molecule has 1 aliphatic carbocycles. The fourth-order valence-corrected chi connectivity index (χ4v) is 3.83. The van der Waals surface area contributed by atoms with Crippen LogP contribution < -0.4 is 5.43 Å². The first-order chi connectivity index (χ1) is 12.3. The van der Waals surface area contributed by atoms with Crippen molar-refractivity contribution in [3.8, 4) is 0 Å². The molecule has 9 heteroatoms. The second-order valence-corrected chi connectivity index (χ2v) is 6.69. The zero-order valence-corrected chi connectivity index (χ0v) is 14.3. The summed E-state index contributed by atoms with van der Waals surface area (Å²) in [4.78, 5) is 35.3. The highest BCUT2D eigenvalue weighted by molar-refractivity contribution is 6.10. The van der Waals surface area contributed by atoms with Gasteiger partial charge in [-0.1, -0.05) is 12.1 Å². The van der Waals surface area contributed by atoms with Crippen LogP contribution in [0.3, 0.4) is 0 Å². The number of nitro groups is 1. The Morgan fingerprint density at radius 2 is 2.12 bits per heavy atom. The van der Waals surface area contributed by atoms with E-state index in [0.717, 1.165) is 0 Å². The molecule has 1 heterocycles. The molecule has 3 rings (SSSR count). The maximum absolute atomic E-state index is 12.6. The summed E-state index contributed by atoms with van der Waals surface area (Å²) in [6, 6.07) is 5.62. The predicted molar refractivity (Wildman–Crippen MR) is 90.3 cm³/mol. The van der Waals surface area contributed by atoms with Gasteiger partial charge in [0.1, 0.15) is 0 Å². The Hall–Kier alpha value is -2.81. The Kier molecular flexibility index (Phi) is 4.49. The molecule has 0 saturated heterocycles. The number of ether oxygens (including phenoxy) is 1. The summed E-state index contributed by atoms with van der Waals surface area (Å²) in [5, 5.41) is 25.8. The molecule has 1 saturated carbocycles. The van der Waals surface area contributed by atoms with Crippen LogP contribution in [-0.4, -0.2) is 39.8 Å². The van der Waals surface area contributed by atoms with Crippen molar-refractivity contribution >= 4 is 23.3 Å². The minimum Gasteiger partial charge on any atom is -0.466 e. The van der Waals surface area contributed by atoms with Gasteiger partial charge in [0, 0.05) is 24.5 Å². The molecule has 1 amide bonds. The first kappa shape index (κ1) is 18.0. The summed E-state index contributed by atoms with van der Waals surface area (Å²) >= 11 is 0. The van der Waals surface area contributed by atoms with E-state index in [0.29, 0.717) is 11.3 Å². The molecule has 138 valence electrons. The van der Waals surface area contributed by atoms with Crippen LogP contribution in [-0.2, 0) is 14.3 Å². The van der Waals surface area contributed by atoms with Crippen molar-refractivity contribution in [2.45, 2.75) is 31.8 Å². The third-order valence-corrected chi connectivity index (χ3v) is 4.91. The quantitative estimate of drug-likeness (QED) is 0.469. The molecular weight excluding hydrogens is 342 g/mol. The number of hydrogen-bond acceptors (Lipinski definition) is 7. The van der Waals surface area contributed by atoms with Crippen LogP contribution in [0.5, 0.6) is 0 Å². The molecule has 2 aliphatic rings. The van der Waals surface area contributed by atoms with Crippen molar-refractivity contribution < 1.29 is 24.4 Å². The SMILES string of the molecule is CCOC(=O)[C@@H]1[C@H](c2ccc([N+](=O)[O-])cc2)[C@H]2C(=O)NN=C2C[C@]1(C)O. The number of fused-ring (bicyclic) bond motifs is 1. The molecule has 1 fully saturated rings. The Labute approximate surface area is 149 Å². The summed E-state index contributed by atoms with van der Waals surface area (Å²) in [5.41, 5.74) is 1.82. The number of benzene rings is 1. The number of hydrazone groups is 1. The van der Waals surface area contributed by atoms with E-state index in [1.54, 1.807) is 6.92 Å². The lowest BCUT2D eigenvalue weighted by Crippen LogP contribution is -2.54. The van der Waals surface area contributed by atoms with E-state index in [4.69, 9.17) is 4.74 Å². The van der Waals surface area contributed by atoms with Gasteiger partial charge in [-0.2, -0.15) is 5.10 Å². The normalized spacial score (nSPS) is 30.2. The second kappa shape index (κ2) is 6.49. The predicted octanol–water partition coefficient (Wildman–Crippen LogP) is 1.11.